The molecule has 3 heteroatoms. The zero-order chi connectivity index (χ0) is 13.3. The summed E-state index contributed by atoms with van der Waals surface area (Å²) in [6.45, 7) is 9.33. The van der Waals surface area contributed by atoms with Crippen LogP contribution in [0.1, 0.15) is 52.4 Å². The highest BCUT2D eigenvalue weighted by Gasteiger charge is 2.43. The van der Waals surface area contributed by atoms with Crippen LogP contribution in [-0.4, -0.2) is 48.8 Å². The fraction of sp³-hybridized carbons (Fsp3) is 1.00. The largest absolute Gasteiger partial charge is 0.370 e. The van der Waals surface area contributed by atoms with Crippen molar-refractivity contribution < 1.29 is 4.74 Å². The van der Waals surface area contributed by atoms with Crippen LogP contribution in [-0.2, 0) is 4.74 Å². The van der Waals surface area contributed by atoms with Crippen molar-refractivity contribution in [3.8, 4) is 0 Å². The minimum atomic E-state index is 0.298. The number of nitrogens with zero attached hydrogens (tertiary/aromatic N) is 1. The second-order valence-corrected chi connectivity index (χ2v) is 7.18. The van der Waals surface area contributed by atoms with E-state index in [1.165, 1.54) is 45.1 Å². The fourth-order valence-corrected chi connectivity index (χ4v) is 4.32. The summed E-state index contributed by atoms with van der Waals surface area (Å²) in [4.78, 5) is 2.68. The molecule has 0 aromatic rings. The quantitative estimate of drug-likeness (QED) is 0.849. The molecule has 2 atom stereocenters. The van der Waals surface area contributed by atoms with E-state index in [-0.39, 0.29) is 0 Å². The molecule has 2 aliphatic heterocycles. The third-order valence-electron chi connectivity index (χ3n) is 5.46. The Labute approximate surface area is 118 Å². The van der Waals surface area contributed by atoms with E-state index in [2.05, 4.69) is 24.1 Å². The maximum Gasteiger partial charge on any atom is 0.0710 e. The van der Waals surface area contributed by atoms with Gasteiger partial charge in [0.25, 0.3) is 0 Å². The summed E-state index contributed by atoms with van der Waals surface area (Å²) in [6.07, 6.45) is 8.50. The molecule has 0 amide bonds. The summed E-state index contributed by atoms with van der Waals surface area (Å²) >= 11 is 0. The smallest absolute Gasteiger partial charge is 0.0710 e. The number of hydrogen-bond donors (Lipinski definition) is 1. The predicted octanol–water partition coefficient (Wildman–Crippen LogP) is 2.41. The molecule has 3 aliphatic rings. The molecule has 3 rings (SSSR count). The Morgan fingerprint density at radius 2 is 2.05 bits per heavy atom. The van der Waals surface area contributed by atoms with Crippen molar-refractivity contribution in [3.63, 3.8) is 0 Å². The highest BCUT2D eigenvalue weighted by Crippen LogP contribution is 2.43. The van der Waals surface area contributed by atoms with Gasteiger partial charge in [0.15, 0.2) is 0 Å². The van der Waals surface area contributed by atoms with E-state index < -0.39 is 0 Å². The third kappa shape index (κ3) is 2.98. The summed E-state index contributed by atoms with van der Waals surface area (Å²) in [7, 11) is 0. The van der Waals surface area contributed by atoms with Gasteiger partial charge in [-0.1, -0.05) is 26.7 Å². The lowest BCUT2D eigenvalue weighted by atomic mass is 9.97. The Hall–Kier alpha value is -0.120. The number of ether oxygens (including phenoxy) is 1. The van der Waals surface area contributed by atoms with Crippen LogP contribution < -0.4 is 5.32 Å². The average molecular weight is 266 g/mol. The maximum atomic E-state index is 6.48. The summed E-state index contributed by atoms with van der Waals surface area (Å²) in [5.74, 6) is 0.731. The normalized spacial score (nSPS) is 35.5. The molecule has 3 fully saturated rings. The van der Waals surface area contributed by atoms with Gasteiger partial charge in [-0.15, -0.1) is 0 Å². The summed E-state index contributed by atoms with van der Waals surface area (Å²) in [6, 6.07) is 0.692. The van der Waals surface area contributed by atoms with Gasteiger partial charge in [-0.05, 0) is 31.6 Å². The minimum absolute atomic E-state index is 0.298. The molecule has 2 saturated heterocycles. The standard InChI is InChI=1S/C16H30N2O/c1-13(2)15-11-17-9-10-18(15)12-14-5-8-16(19-14)6-3-4-7-16/h13-15,17H,3-12H2,1-2H3. The van der Waals surface area contributed by atoms with Crippen molar-refractivity contribution in [2.24, 2.45) is 5.92 Å². The molecule has 1 saturated carbocycles. The van der Waals surface area contributed by atoms with Crippen molar-refractivity contribution in [2.45, 2.75) is 70.1 Å². The van der Waals surface area contributed by atoms with E-state index in [9.17, 15) is 0 Å². The molecule has 0 aromatic heterocycles. The van der Waals surface area contributed by atoms with E-state index >= 15 is 0 Å². The van der Waals surface area contributed by atoms with Crippen LogP contribution in [0, 0.1) is 5.92 Å². The zero-order valence-electron chi connectivity index (χ0n) is 12.7. The van der Waals surface area contributed by atoms with E-state index in [4.69, 9.17) is 4.74 Å². The predicted molar refractivity (Wildman–Crippen MR) is 78.4 cm³/mol. The number of piperazine rings is 1. The first-order valence-electron chi connectivity index (χ1n) is 8.31. The van der Waals surface area contributed by atoms with Crippen molar-refractivity contribution >= 4 is 0 Å². The van der Waals surface area contributed by atoms with Crippen molar-refractivity contribution in [1.29, 1.82) is 0 Å². The summed E-state index contributed by atoms with van der Waals surface area (Å²) in [5.41, 5.74) is 0.298. The molecule has 0 bridgehead atoms. The summed E-state index contributed by atoms with van der Waals surface area (Å²) in [5, 5.41) is 3.54. The highest BCUT2D eigenvalue weighted by molar-refractivity contribution is 4.94. The Balaban J connectivity index is 1.55. The van der Waals surface area contributed by atoms with Gasteiger partial charge >= 0.3 is 0 Å². The molecular formula is C16H30N2O. The SMILES string of the molecule is CC(C)C1CNCCN1CC1CCC2(CCCC2)O1. The van der Waals surface area contributed by atoms with E-state index in [1.54, 1.807) is 0 Å². The molecule has 1 aliphatic carbocycles. The third-order valence-corrected chi connectivity index (χ3v) is 5.46. The van der Waals surface area contributed by atoms with Crippen LogP contribution in [0.2, 0.25) is 0 Å². The molecular weight excluding hydrogens is 236 g/mol. The van der Waals surface area contributed by atoms with Gasteiger partial charge in [0.1, 0.15) is 0 Å². The van der Waals surface area contributed by atoms with Gasteiger partial charge in [-0.25, -0.2) is 0 Å². The molecule has 19 heavy (non-hydrogen) atoms. The first-order valence-corrected chi connectivity index (χ1v) is 8.31. The minimum Gasteiger partial charge on any atom is -0.370 e. The lowest BCUT2D eigenvalue weighted by molar-refractivity contribution is -0.0553. The highest BCUT2D eigenvalue weighted by atomic mass is 16.5. The molecule has 0 radical (unpaired) electrons. The second-order valence-electron chi connectivity index (χ2n) is 7.18. The lowest BCUT2D eigenvalue weighted by Gasteiger charge is -2.40. The van der Waals surface area contributed by atoms with Crippen molar-refractivity contribution in [2.75, 3.05) is 26.2 Å². The molecule has 1 N–H and O–H groups in total. The van der Waals surface area contributed by atoms with E-state index in [0.29, 0.717) is 17.7 Å². The average Bonchev–Trinajstić information content (AvgIpc) is 3.01. The second kappa shape index (κ2) is 5.71. The van der Waals surface area contributed by atoms with Crippen LogP contribution in [0.3, 0.4) is 0 Å². The van der Waals surface area contributed by atoms with Gasteiger partial charge < -0.3 is 10.1 Å². The van der Waals surface area contributed by atoms with E-state index in [1.807, 2.05) is 0 Å². The van der Waals surface area contributed by atoms with Gasteiger partial charge in [0, 0.05) is 32.2 Å². The van der Waals surface area contributed by atoms with Gasteiger partial charge in [0.05, 0.1) is 11.7 Å². The van der Waals surface area contributed by atoms with Crippen LogP contribution in [0.25, 0.3) is 0 Å². The Kier molecular flexibility index (Phi) is 4.16. The monoisotopic (exact) mass is 266 g/mol. The Bertz CT molecular complexity index is 299. The van der Waals surface area contributed by atoms with E-state index in [0.717, 1.165) is 25.6 Å². The number of hydrogen-bond acceptors (Lipinski definition) is 3. The zero-order valence-corrected chi connectivity index (χ0v) is 12.7. The molecule has 3 nitrogen and oxygen atoms in total. The first kappa shape index (κ1) is 13.8. The topological polar surface area (TPSA) is 24.5 Å². The molecule has 0 aromatic carbocycles. The fourth-order valence-electron chi connectivity index (χ4n) is 4.32. The molecule has 2 heterocycles. The van der Waals surface area contributed by atoms with Gasteiger partial charge in [-0.2, -0.15) is 0 Å². The molecule has 1 spiro atoms. The maximum absolute atomic E-state index is 6.48. The number of nitrogens with one attached hydrogen (secondary N) is 1. The lowest BCUT2D eigenvalue weighted by Crippen LogP contribution is -2.55. The van der Waals surface area contributed by atoms with Crippen molar-refractivity contribution in [1.82, 2.24) is 10.2 Å². The molecule has 110 valence electrons. The Morgan fingerprint density at radius 1 is 1.26 bits per heavy atom. The van der Waals surface area contributed by atoms with Gasteiger partial charge in [0.2, 0.25) is 0 Å². The van der Waals surface area contributed by atoms with Crippen LogP contribution in [0.4, 0.5) is 0 Å². The van der Waals surface area contributed by atoms with Gasteiger partial charge in [-0.3, -0.25) is 4.90 Å². The molecule has 2 unspecified atom stereocenters. The van der Waals surface area contributed by atoms with Crippen LogP contribution in [0.15, 0.2) is 0 Å². The summed E-state index contributed by atoms with van der Waals surface area (Å²) < 4.78 is 6.48. The van der Waals surface area contributed by atoms with Crippen molar-refractivity contribution in [3.05, 3.63) is 0 Å². The first-order chi connectivity index (χ1) is 9.19. The number of rotatable bonds is 3. The van der Waals surface area contributed by atoms with Crippen LogP contribution >= 0.6 is 0 Å². The Morgan fingerprint density at radius 3 is 2.79 bits per heavy atom. The van der Waals surface area contributed by atoms with Crippen LogP contribution in [0.5, 0.6) is 0 Å².